The summed E-state index contributed by atoms with van der Waals surface area (Å²) in [6.45, 7) is 0. The number of hydrogen-bond donors (Lipinski definition) is 0. The van der Waals surface area contributed by atoms with Crippen LogP contribution in [-0.4, -0.2) is 23.4 Å². The summed E-state index contributed by atoms with van der Waals surface area (Å²) in [6, 6.07) is 0. The molecule has 0 aliphatic rings. The Balaban J connectivity index is 3.46. The lowest BCUT2D eigenvalue weighted by atomic mass is 10.2. The van der Waals surface area contributed by atoms with Crippen molar-refractivity contribution in [2.45, 2.75) is 12.8 Å². The van der Waals surface area contributed by atoms with Crippen LogP contribution in [-0.2, 0) is 0 Å². The van der Waals surface area contributed by atoms with E-state index in [1.165, 1.54) is 0 Å². The van der Waals surface area contributed by atoms with Gasteiger partial charge >= 0.3 is 12.2 Å². The summed E-state index contributed by atoms with van der Waals surface area (Å²) in [5.74, 6) is -3.57. The molecule has 0 amide bonds. The summed E-state index contributed by atoms with van der Waals surface area (Å²) in [5.41, 5.74) is -1.39. The molecular formula is C8H5F5N2O4. The fourth-order valence-electron chi connectivity index (χ4n) is 1.22. The third-order valence-electron chi connectivity index (χ3n) is 1.84. The molecule has 19 heavy (non-hydrogen) atoms. The normalized spacial score (nSPS) is 11.5. The molecule has 1 rings (SSSR count). The highest BCUT2D eigenvalue weighted by Crippen LogP contribution is 2.42. The minimum absolute atomic E-state index is 0.190. The first-order valence-electron chi connectivity index (χ1n) is 4.42. The van der Waals surface area contributed by atoms with Crippen LogP contribution in [0, 0.1) is 10.1 Å². The van der Waals surface area contributed by atoms with E-state index in [0.29, 0.717) is 0 Å². The van der Waals surface area contributed by atoms with Crippen molar-refractivity contribution in [3.05, 3.63) is 21.9 Å². The molecule has 6 nitrogen and oxygen atoms in total. The van der Waals surface area contributed by atoms with E-state index in [0.717, 1.165) is 7.11 Å². The number of nitrogens with zero attached hydrogens (tertiary/aromatic N) is 2. The van der Waals surface area contributed by atoms with Crippen LogP contribution in [0.3, 0.4) is 0 Å². The zero-order valence-corrected chi connectivity index (χ0v) is 9.07. The average Bonchev–Trinajstić information content (AvgIpc) is 2.25. The van der Waals surface area contributed by atoms with Gasteiger partial charge in [-0.15, -0.1) is 13.2 Å². The average molecular weight is 288 g/mol. The van der Waals surface area contributed by atoms with Gasteiger partial charge in [-0.05, 0) is 9.91 Å². The van der Waals surface area contributed by atoms with E-state index in [1.54, 1.807) is 0 Å². The molecule has 0 bridgehead atoms. The number of rotatable bonds is 4. The Labute approximate surface area is 101 Å². The maximum Gasteiger partial charge on any atom is 0.573 e. The molecule has 0 atom stereocenters. The minimum Gasteiger partial charge on any atom is -0.489 e. The molecule has 0 unspecified atom stereocenters. The highest BCUT2D eigenvalue weighted by Gasteiger charge is 2.38. The summed E-state index contributed by atoms with van der Waals surface area (Å²) < 4.78 is 69.1. The Morgan fingerprint density at radius 2 is 2.00 bits per heavy atom. The molecule has 0 aromatic carbocycles. The van der Waals surface area contributed by atoms with Crippen LogP contribution in [0.2, 0.25) is 0 Å². The molecule has 1 aromatic heterocycles. The van der Waals surface area contributed by atoms with Crippen molar-refractivity contribution in [1.82, 2.24) is 4.98 Å². The predicted octanol–water partition coefficient (Wildman–Crippen LogP) is 2.83. The molecule has 0 N–H and O–H groups in total. The van der Waals surface area contributed by atoms with Crippen LogP contribution >= 0.6 is 0 Å². The van der Waals surface area contributed by atoms with Gasteiger partial charge in [-0.2, -0.15) is 0 Å². The summed E-state index contributed by atoms with van der Waals surface area (Å²) >= 11 is 0. The fourth-order valence-corrected chi connectivity index (χ4v) is 1.22. The molecular weight excluding hydrogens is 283 g/mol. The van der Waals surface area contributed by atoms with Crippen molar-refractivity contribution in [3.63, 3.8) is 0 Å². The first kappa shape index (κ1) is 14.9. The molecule has 0 saturated carbocycles. The van der Waals surface area contributed by atoms with Crippen molar-refractivity contribution < 1.29 is 36.3 Å². The topological polar surface area (TPSA) is 74.5 Å². The summed E-state index contributed by atoms with van der Waals surface area (Å²) in [5, 5.41) is 10.5. The maximum absolute atomic E-state index is 12.7. The van der Waals surface area contributed by atoms with Crippen molar-refractivity contribution in [1.29, 1.82) is 0 Å². The zero-order valence-electron chi connectivity index (χ0n) is 9.07. The number of aromatic nitrogens is 1. The van der Waals surface area contributed by atoms with Gasteiger partial charge in [0.1, 0.15) is 5.56 Å². The number of pyridine rings is 1. The van der Waals surface area contributed by atoms with Gasteiger partial charge in [0.15, 0.2) is 11.9 Å². The molecule has 106 valence electrons. The van der Waals surface area contributed by atoms with E-state index in [2.05, 4.69) is 14.5 Å². The van der Waals surface area contributed by atoms with Gasteiger partial charge in [-0.25, -0.2) is 8.78 Å². The van der Waals surface area contributed by atoms with E-state index >= 15 is 0 Å². The number of methoxy groups -OCH3 is 1. The van der Waals surface area contributed by atoms with E-state index in [1.807, 2.05) is 0 Å². The van der Waals surface area contributed by atoms with Gasteiger partial charge in [0, 0.05) is 0 Å². The lowest BCUT2D eigenvalue weighted by Gasteiger charge is -2.13. The van der Waals surface area contributed by atoms with E-state index < -0.39 is 40.6 Å². The second kappa shape index (κ2) is 5.20. The van der Waals surface area contributed by atoms with Crippen LogP contribution in [0.1, 0.15) is 12.0 Å². The first-order valence-corrected chi connectivity index (χ1v) is 4.42. The standard InChI is InChI=1S/C8H5F5N2O4/c1-18-5-4(6(9)10)3(19-8(11,12)13)2-14-7(5)15(16)17/h2,6H,1H3. The quantitative estimate of drug-likeness (QED) is 0.484. The molecule has 0 radical (unpaired) electrons. The number of hydrogen-bond acceptors (Lipinski definition) is 5. The van der Waals surface area contributed by atoms with Crippen LogP contribution in [0.4, 0.5) is 27.8 Å². The van der Waals surface area contributed by atoms with Crippen molar-refractivity contribution >= 4 is 5.82 Å². The van der Waals surface area contributed by atoms with Gasteiger partial charge < -0.3 is 19.6 Å². The Hall–Kier alpha value is -2.20. The molecule has 11 heteroatoms. The highest BCUT2D eigenvalue weighted by molar-refractivity contribution is 5.53. The van der Waals surface area contributed by atoms with Crippen molar-refractivity contribution in [2.75, 3.05) is 7.11 Å². The summed E-state index contributed by atoms with van der Waals surface area (Å²) in [7, 11) is 0.785. The number of halogens is 5. The van der Waals surface area contributed by atoms with E-state index in [9.17, 15) is 32.1 Å². The fraction of sp³-hybridized carbons (Fsp3) is 0.375. The number of alkyl halides is 5. The van der Waals surface area contributed by atoms with E-state index in [4.69, 9.17) is 0 Å². The van der Waals surface area contributed by atoms with Gasteiger partial charge in [0.2, 0.25) is 5.75 Å². The third kappa shape index (κ3) is 3.39. The SMILES string of the molecule is COc1c([N+](=O)[O-])ncc(OC(F)(F)F)c1C(F)F. The highest BCUT2D eigenvalue weighted by atomic mass is 19.4. The molecule has 0 spiro atoms. The van der Waals surface area contributed by atoms with Gasteiger partial charge in [0.25, 0.3) is 6.43 Å². The largest absolute Gasteiger partial charge is 0.573 e. The Morgan fingerprint density at radius 1 is 1.42 bits per heavy atom. The monoisotopic (exact) mass is 288 g/mol. The third-order valence-corrected chi connectivity index (χ3v) is 1.84. The number of ether oxygens (including phenoxy) is 2. The van der Waals surface area contributed by atoms with Crippen molar-refractivity contribution in [2.24, 2.45) is 0 Å². The minimum atomic E-state index is -5.24. The lowest BCUT2D eigenvalue weighted by molar-refractivity contribution is -0.390. The maximum atomic E-state index is 12.7. The molecule has 0 fully saturated rings. The molecule has 0 aliphatic carbocycles. The van der Waals surface area contributed by atoms with Gasteiger partial charge in [0.05, 0.1) is 7.11 Å². The molecule has 1 heterocycles. The van der Waals surface area contributed by atoms with Gasteiger partial charge in [-0.1, -0.05) is 0 Å². The molecule has 0 aliphatic heterocycles. The van der Waals surface area contributed by atoms with Crippen LogP contribution in [0.5, 0.6) is 11.5 Å². The molecule has 1 aromatic rings. The summed E-state index contributed by atoms with van der Waals surface area (Å²) in [6.07, 6.45) is -8.53. The van der Waals surface area contributed by atoms with Gasteiger partial charge in [-0.3, -0.25) is 0 Å². The summed E-state index contributed by atoms with van der Waals surface area (Å²) in [4.78, 5) is 12.3. The Morgan fingerprint density at radius 3 is 2.37 bits per heavy atom. The Kier molecular flexibility index (Phi) is 4.07. The smallest absolute Gasteiger partial charge is 0.489 e. The van der Waals surface area contributed by atoms with Crippen LogP contribution < -0.4 is 9.47 Å². The second-order valence-electron chi connectivity index (χ2n) is 3.00. The van der Waals surface area contributed by atoms with Crippen LogP contribution in [0.25, 0.3) is 0 Å². The number of nitro groups is 1. The molecule has 0 saturated heterocycles. The zero-order chi connectivity index (χ0) is 14.8. The second-order valence-corrected chi connectivity index (χ2v) is 3.00. The predicted molar refractivity (Wildman–Crippen MR) is 49.1 cm³/mol. The van der Waals surface area contributed by atoms with Crippen molar-refractivity contribution in [3.8, 4) is 11.5 Å². The Bertz CT molecular complexity index is 491. The first-order chi connectivity index (χ1) is 8.67. The lowest BCUT2D eigenvalue weighted by Crippen LogP contribution is -2.19. The van der Waals surface area contributed by atoms with Crippen LogP contribution in [0.15, 0.2) is 6.20 Å². The van der Waals surface area contributed by atoms with E-state index in [-0.39, 0.29) is 6.20 Å².